The van der Waals surface area contributed by atoms with Gasteiger partial charge in [-0.15, -0.1) is 0 Å². The minimum atomic E-state index is -3.25. The molecule has 2 rings (SSSR count). The lowest BCUT2D eigenvalue weighted by Crippen LogP contribution is -2.16. The van der Waals surface area contributed by atoms with E-state index in [9.17, 15) is 13.0 Å². The highest BCUT2D eigenvalue weighted by atomic mass is 32.2. The van der Waals surface area contributed by atoms with E-state index in [1.54, 1.807) is 6.07 Å². The second-order valence-electron chi connectivity index (χ2n) is 2.43. The van der Waals surface area contributed by atoms with Crippen molar-refractivity contribution in [1.29, 1.82) is 0 Å². The summed E-state index contributed by atoms with van der Waals surface area (Å²) in [6.07, 6.45) is 0. The molecule has 0 aromatic heterocycles. The number of para-hydroxylation sites is 1. The third-order valence-corrected chi connectivity index (χ3v) is 2.77. The van der Waals surface area contributed by atoms with Crippen LogP contribution in [0.5, 0.6) is 0 Å². The number of halogens is 2. The summed E-state index contributed by atoms with van der Waals surface area (Å²) in [7, 11) is -2.31. The SMILES string of the molecule is O=S1Nc2ccccc2C1(F)F. The van der Waals surface area contributed by atoms with E-state index in [2.05, 4.69) is 4.72 Å². The lowest BCUT2D eigenvalue weighted by molar-refractivity contribution is 0.102. The fourth-order valence-electron chi connectivity index (χ4n) is 1.09. The maximum absolute atomic E-state index is 13.0. The predicted octanol–water partition coefficient (Wildman–Crippen LogP) is 1.83. The topological polar surface area (TPSA) is 29.1 Å². The normalized spacial score (nSPS) is 24.7. The Bertz CT molecular complexity index is 353. The lowest BCUT2D eigenvalue weighted by atomic mass is 10.2. The Labute approximate surface area is 70.2 Å². The van der Waals surface area contributed by atoms with Crippen LogP contribution in [0.3, 0.4) is 0 Å². The molecule has 1 aromatic carbocycles. The first-order chi connectivity index (χ1) is 5.62. The fourth-order valence-corrected chi connectivity index (χ4v) is 1.97. The van der Waals surface area contributed by atoms with Gasteiger partial charge < -0.3 is 0 Å². The highest BCUT2D eigenvalue weighted by Crippen LogP contribution is 2.42. The first-order valence-corrected chi connectivity index (χ1v) is 4.43. The number of benzene rings is 1. The molecule has 1 aliphatic rings. The molecular weight excluding hydrogens is 184 g/mol. The molecule has 12 heavy (non-hydrogen) atoms. The van der Waals surface area contributed by atoms with Crippen LogP contribution in [0.25, 0.3) is 0 Å². The monoisotopic (exact) mass is 189 g/mol. The smallest absolute Gasteiger partial charge is 0.299 e. The summed E-state index contributed by atoms with van der Waals surface area (Å²) < 4.78 is 38.9. The second-order valence-corrected chi connectivity index (χ2v) is 3.69. The molecule has 64 valence electrons. The molecule has 5 heteroatoms. The Morgan fingerprint density at radius 3 is 2.67 bits per heavy atom. The minimum absolute atomic E-state index is 0.191. The average Bonchev–Trinajstić information content (AvgIpc) is 2.25. The van der Waals surface area contributed by atoms with Crippen molar-refractivity contribution in [2.75, 3.05) is 4.72 Å². The van der Waals surface area contributed by atoms with Crippen molar-refractivity contribution in [3.63, 3.8) is 0 Å². The molecule has 1 aliphatic heterocycles. The molecule has 1 aromatic rings. The standard InChI is InChI=1S/C7H5F2NOS/c8-7(9)5-3-1-2-4-6(5)10-12(7)11/h1-4,10H. The van der Waals surface area contributed by atoms with Crippen molar-refractivity contribution < 1.29 is 13.0 Å². The summed E-state index contributed by atoms with van der Waals surface area (Å²) in [5.41, 5.74) is 0.0594. The quantitative estimate of drug-likeness (QED) is 0.662. The fraction of sp³-hybridized carbons (Fsp3) is 0.143. The van der Waals surface area contributed by atoms with Gasteiger partial charge in [0.1, 0.15) is 0 Å². The average molecular weight is 189 g/mol. The molecular formula is C7H5F2NOS. The highest BCUT2D eigenvalue weighted by molar-refractivity contribution is 7.87. The van der Waals surface area contributed by atoms with Crippen molar-refractivity contribution in [1.82, 2.24) is 0 Å². The van der Waals surface area contributed by atoms with Crippen LogP contribution in [0.15, 0.2) is 24.3 Å². The molecule has 0 aliphatic carbocycles. The second kappa shape index (κ2) is 2.26. The predicted molar refractivity (Wildman–Crippen MR) is 42.1 cm³/mol. The number of anilines is 1. The number of rotatable bonds is 0. The maximum Gasteiger partial charge on any atom is 0.366 e. The number of hydrogen-bond acceptors (Lipinski definition) is 1. The van der Waals surface area contributed by atoms with Crippen molar-refractivity contribution >= 4 is 16.7 Å². The minimum Gasteiger partial charge on any atom is -0.299 e. The van der Waals surface area contributed by atoms with Crippen molar-refractivity contribution in [2.45, 2.75) is 5.25 Å². The Morgan fingerprint density at radius 2 is 2.00 bits per heavy atom. The molecule has 0 radical (unpaired) electrons. The Morgan fingerprint density at radius 1 is 1.33 bits per heavy atom. The van der Waals surface area contributed by atoms with E-state index in [1.807, 2.05) is 0 Å². The summed E-state index contributed by atoms with van der Waals surface area (Å²) in [5.74, 6) is 0. The van der Waals surface area contributed by atoms with Crippen molar-refractivity contribution in [3.8, 4) is 0 Å². The molecule has 1 heterocycles. The van der Waals surface area contributed by atoms with Crippen LogP contribution in [0.1, 0.15) is 5.56 Å². The van der Waals surface area contributed by atoms with E-state index in [1.165, 1.54) is 18.2 Å². The van der Waals surface area contributed by atoms with Gasteiger partial charge in [-0.2, -0.15) is 8.78 Å². The Kier molecular flexibility index (Phi) is 1.44. The summed E-state index contributed by atoms with van der Waals surface area (Å²) in [5, 5.41) is -3.25. The first kappa shape index (κ1) is 7.67. The molecule has 0 fully saturated rings. The van der Waals surface area contributed by atoms with Gasteiger partial charge >= 0.3 is 5.25 Å². The molecule has 0 bridgehead atoms. The van der Waals surface area contributed by atoms with Crippen LogP contribution in [0.4, 0.5) is 14.5 Å². The summed E-state index contributed by atoms with van der Waals surface area (Å²) in [6.45, 7) is 0. The van der Waals surface area contributed by atoms with E-state index in [-0.39, 0.29) is 11.3 Å². The maximum atomic E-state index is 13.0. The van der Waals surface area contributed by atoms with Crippen LogP contribution in [0.2, 0.25) is 0 Å². The zero-order valence-corrected chi connectivity index (χ0v) is 6.70. The largest absolute Gasteiger partial charge is 0.366 e. The van der Waals surface area contributed by atoms with E-state index in [4.69, 9.17) is 0 Å². The number of alkyl halides is 2. The molecule has 0 spiro atoms. The van der Waals surface area contributed by atoms with Gasteiger partial charge in [0.15, 0.2) is 11.0 Å². The molecule has 0 amide bonds. The van der Waals surface area contributed by atoms with Gasteiger partial charge in [-0.1, -0.05) is 12.1 Å². The van der Waals surface area contributed by atoms with Gasteiger partial charge in [-0.25, -0.2) is 4.21 Å². The first-order valence-electron chi connectivity index (χ1n) is 3.28. The van der Waals surface area contributed by atoms with Crippen molar-refractivity contribution in [2.24, 2.45) is 0 Å². The Hall–Kier alpha value is -0.970. The number of hydrogen-bond donors (Lipinski definition) is 1. The van der Waals surface area contributed by atoms with Crippen LogP contribution in [0, 0.1) is 0 Å². The van der Waals surface area contributed by atoms with E-state index in [0.29, 0.717) is 0 Å². The molecule has 1 atom stereocenters. The van der Waals surface area contributed by atoms with Crippen LogP contribution < -0.4 is 4.72 Å². The summed E-state index contributed by atoms with van der Waals surface area (Å²) >= 11 is 0. The summed E-state index contributed by atoms with van der Waals surface area (Å²) in [4.78, 5) is 0. The number of fused-ring (bicyclic) bond motifs is 1. The lowest BCUT2D eigenvalue weighted by Gasteiger charge is -2.04. The third kappa shape index (κ3) is 0.859. The van der Waals surface area contributed by atoms with Gasteiger partial charge in [0, 0.05) is 0 Å². The number of nitrogens with one attached hydrogen (secondary N) is 1. The molecule has 2 nitrogen and oxygen atoms in total. The van der Waals surface area contributed by atoms with E-state index in [0.717, 1.165) is 0 Å². The molecule has 1 N–H and O–H groups in total. The third-order valence-electron chi connectivity index (χ3n) is 1.68. The van der Waals surface area contributed by atoms with Gasteiger partial charge in [0.05, 0.1) is 11.3 Å². The Balaban J connectivity index is 2.63. The molecule has 1 unspecified atom stereocenters. The van der Waals surface area contributed by atoms with Crippen molar-refractivity contribution in [3.05, 3.63) is 29.8 Å². The van der Waals surface area contributed by atoms with Gasteiger partial charge in [-0.05, 0) is 12.1 Å². The zero-order chi connectivity index (χ0) is 8.77. The summed E-state index contributed by atoms with van der Waals surface area (Å²) in [6, 6.07) is 5.86. The van der Waals surface area contributed by atoms with Gasteiger partial charge in [-0.3, -0.25) is 4.72 Å². The van der Waals surface area contributed by atoms with Crippen LogP contribution in [-0.4, -0.2) is 4.21 Å². The van der Waals surface area contributed by atoms with E-state index < -0.39 is 16.2 Å². The van der Waals surface area contributed by atoms with Gasteiger partial charge in [0.2, 0.25) is 0 Å². The zero-order valence-electron chi connectivity index (χ0n) is 5.88. The van der Waals surface area contributed by atoms with Crippen LogP contribution in [-0.2, 0) is 16.2 Å². The van der Waals surface area contributed by atoms with Crippen LogP contribution >= 0.6 is 0 Å². The molecule has 0 saturated carbocycles. The van der Waals surface area contributed by atoms with E-state index >= 15 is 0 Å². The van der Waals surface area contributed by atoms with Gasteiger partial charge in [0.25, 0.3) is 0 Å². The highest BCUT2D eigenvalue weighted by Gasteiger charge is 2.46. The molecule has 0 saturated heterocycles.